The molecular weight excluding hydrogens is 332 g/mol. The minimum absolute atomic E-state index is 0.162. The van der Waals surface area contributed by atoms with Crippen molar-refractivity contribution in [1.82, 2.24) is 9.72 Å². The second-order valence-electron chi connectivity index (χ2n) is 6.01. The van der Waals surface area contributed by atoms with Crippen LogP contribution in [0.2, 0.25) is 0 Å². The van der Waals surface area contributed by atoms with E-state index in [0.29, 0.717) is 29.8 Å². The fourth-order valence-electron chi connectivity index (χ4n) is 3.38. The molecule has 0 saturated carbocycles. The average molecular weight is 348 g/mol. The van der Waals surface area contributed by atoms with Crippen molar-refractivity contribution in [3.63, 3.8) is 0 Å². The van der Waals surface area contributed by atoms with E-state index < -0.39 is 5.91 Å². The highest BCUT2D eigenvalue weighted by atomic mass is 16.5. The molecule has 0 radical (unpaired) electrons. The van der Waals surface area contributed by atoms with Crippen molar-refractivity contribution in [3.8, 4) is 0 Å². The van der Waals surface area contributed by atoms with E-state index in [4.69, 9.17) is 4.74 Å². The number of carbonyl (C=O) groups is 3. The summed E-state index contributed by atoms with van der Waals surface area (Å²) >= 11 is 0. The van der Waals surface area contributed by atoms with Gasteiger partial charge >= 0.3 is 0 Å². The first-order chi connectivity index (χ1) is 12.6. The van der Waals surface area contributed by atoms with Crippen LogP contribution in [0, 0.1) is 0 Å². The molecule has 0 bridgehead atoms. The molecule has 6 nitrogen and oxygen atoms in total. The molecule has 0 fully saturated rings. The third-order valence-corrected chi connectivity index (χ3v) is 4.52. The number of hydrogen-bond donors (Lipinski definition) is 1. The number of amides is 1. The van der Waals surface area contributed by atoms with Crippen LogP contribution >= 0.6 is 0 Å². The van der Waals surface area contributed by atoms with Crippen LogP contribution in [0.4, 0.5) is 0 Å². The molecule has 3 aromatic rings. The molecular formula is C20H16N2O4. The number of rotatable bonds is 4. The molecule has 1 aliphatic carbocycles. The van der Waals surface area contributed by atoms with Gasteiger partial charge in [-0.25, -0.2) is 0 Å². The number of fused-ring (bicyclic) bond motifs is 4. The molecule has 130 valence electrons. The summed E-state index contributed by atoms with van der Waals surface area (Å²) in [6.07, 6.45) is 1.69. The summed E-state index contributed by atoms with van der Waals surface area (Å²) in [5, 5.41) is 2.75. The van der Waals surface area contributed by atoms with Crippen molar-refractivity contribution in [2.24, 2.45) is 0 Å². The van der Waals surface area contributed by atoms with Crippen molar-refractivity contribution in [2.45, 2.75) is 0 Å². The van der Waals surface area contributed by atoms with Gasteiger partial charge in [-0.2, -0.15) is 0 Å². The molecule has 0 aliphatic heterocycles. The fraction of sp³-hybridized carbons (Fsp3) is 0.150. The Morgan fingerprint density at radius 2 is 1.73 bits per heavy atom. The van der Waals surface area contributed by atoms with Gasteiger partial charge in [-0.15, -0.1) is 0 Å². The van der Waals surface area contributed by atoms with Crippen molar-refractivity contribution >= 4 is 23.0 Å². The smallest absolute Gasteiger partial charge is 0.254 e. The van der Waals surface area contributed by atoms with Gasteiger partial charge in [0.1, 0.15) is 5.69 Å². The van der Waals surface area contributed by atoms with E-state index in [2.05, 4.69) is 5.32 Å². The van der Waals surface area contributed by atoms with Gasteiger partial charge in [-0.05, 0) is 12.1 Å². The maximum absolute atomic E-state index is 13.1. The largest absolute Gasteiger partial charge is 0.383 e. The number of ketones is 2. The highest BCUT2D eigenvalue weighted by Gasteiger charge is 2.37. The summed E-state index contributed by atoms with van der Waals surface area (Å²) in [5.74, 6) is -0.962. The van der Waals surface area contributed by atoms with E-state index >= 15 is 0 Å². The van der Waals surface area contributed by atoms with Crippen LogP contribution in [0.3, 0.4) is 0 Å². The summed E-state index contributed by atoms with van der Waals surface area (Å²) < 4.78 is 6.58. The lowest BCUT2D eigenvalue weighted by Gasteiger charge is -2.15. The van der Waals surface area contributed by atoms with Gasteiger partial charge in [0.15, 0.2) is 5.78 Å². The maximum atomic E-state index is 13.1. The van der Waals surface area contributed by atoms with Gasteiger partial charge in [-0.3, -0.25) is 14.4 Å². The van der Waals surface area contributed by atoms with Gasteiger partial charge in [0.2, 0.25) is 5.78 Å². The Kier molecular flexibility index (Phi) is 3.89. The van der Waals surface area contributed by atoms with Crippen LogP contribution in [0.5, 0.6) is 0 Å². The highest BCUT2D eigenvalue weighted by Crippen LogP contribution is 2.33. The van der Waals surface area contributed by atoms with Crippen molar-refractivity contribution in [3.05, 3.63) is 76.6 Å². The minimum atomic E-state index is -0.396. The molecule has 1 aliphatic rings. The standard InChI is InChI=1S/C20H16N2O4/c1-26-11-9-21-20(25)15-14-8-4-5-10-22(14)17-16(15)18(23)12-6-2-3-7-13(12)19(17)24/h2-8,10H,9,11H2,1H3,(H,21,25). The summed E-state index contributed by atoms with van der Waals surface area (Å²) in [7, 11) is 1.54. The van der Waals surface area contributed by atoms with E-state index in [1.165, 1.54) is 0 Å². The van der Waals surface area contributed by atoms with Crippen molar-refractivity contribution in [2.75, 3.05) is 20.3 Å². The van der Waals surface area contributed by atoms with Crippen molar-refractivity contribution < 1.29 is 19.1 Å². The molecule has 0 atom stereocenters. The third-order valence-electron chi connectivity index (χ3n) is 4.52. The first-order valence-electron chi connectivity index (χ1n) is 8.23. The number of aromatic nitrogens is 1. The Labute approximate surface area is 149 Å². The van der Waals surface area contributed by atoms with Crippen LogP contribution in [-0.4, -0.2) is 42.1 Å². The van der Waals surface area contributed by atoms with Gasteiger partial charge in [0, 0.05) is 31.0 Å². The van der Waals surface area contributed by atoms with Crippen LogP contribution < -0.4 is 5.32 Å². The molecule has 1 N–H and O–H groups in total. The number of hydrogen-bond acceptors (Lipinski definition) is 4. The number of carbonyl (C=O) groups excluding carboxylic acids is 3. The molecule has 26 heavy (non-hydrogen) atoms. The van der Waals surface area contributed by atoms with Crippen molar-refractivity contribution in [1.29, 1.82) is 0 Å². The summed E-state index contributed by atoms with van der Waals surface area (Å²) in [6, 6.07) is 12.0. The minimum Gasteiger partial charge on any atom is -0.383 e. The Balaban J connectivity index is 1.96. The van der Waals surface area contributed by atoms with Gasteiger partial charge in [-0.1, -0.05) is 30.3 Å². The summed E-state index contributed by atoms with van der Waals surface area (Å²) in [4.78, 5) is 38.9. The monoisotopic (exact) mass is 348 g/mol. The third kappa shape index (κ3) is 2.27. The van der Waals surface area contributed by atoms with E-state index in [1.54, 1.807) is 60.2 Å². The fourth-order valence-corrected chi connectivity index (χ4v) is 3.38. The second kappa shape index (κ2) is 6.24. The Morgan fingerprint density at radius 3 is 2.46 bits per heavy atom. The van der Waals surface area contributed by atoms with E-state index in [1.807, 2.05) is 0 Å². The number of methoxy groups -OCH3 is 1. The molecule has 2 aromatic heterocycles. The van der Waals surface area contributed by atoms with Gasteiger partial charge in [0.25, 0.3) is 5.91 Å². The lowest BCUT2D eigenvalue weighted by molar-refractivity contribution is 0.0927. The van der Waals surface area contributed by atoms with Crippen LogP contribution in [0.1, 0.15) is 42.3 Å². The van der Waals surface area contributed by atoms with Gasteiger partial charge in [0.05, 0.1) is 23.3 Å². The summed E-state index contributed by atoms with van der Waals surface area (Å²) in [6.45, 7) is 0.669. The Morgan fingerprint density at radius 1 is 1.04 bits per heavy atom. The molecule has 2 heterocycles. The normalized spacial score (nSPS) is 12.8. The first kappa shape index (κ1) is 16.2. The second-order valence-corrected chi connectivity index (χ2v) is 6.01. The number of benzene rings is 1. The molecule has 0 unspecified atom stereocenters. The average Bonchev–Trinajstić information content (AvgIpc) is 3.02. The number of pyridine rings is 1. The molecule has 0 saturated heterocycles. The van der Waals surface area contributed by atoms with E-state index in [-0.39, 0.29) is 28.4 Å². The van der Waals surface area contributed by atoms with Crippen LogP contribution in [0.15, 0.2) is 48.7 Å². The predicted octanol–water partition coefficient (Wildman–Crippen LogP) is 2.09. The molecule has 1 amide bonds. The highest BCUT2D eigenvalue weighted by molar-refractivity contribution is 6.32. The first-order valence-corrected chi connectivity index (χ1v) is 8.23. The van der Waals surface area contributed by atoms with E-state index in [0.717, 1.165) is 0 Å². The summed E-state index contributed by atoms with van der Waals surface area (Å²) in [5.41, 5.74) is 1.84. The Bertz CT molecular complexity index is 1060. The molecule has 0 spiro atoms. The van der Waals surface area contributed by atoms with Crippen LogP contribution in [0.25, 0.3) is 5.52 Å². The molecule has 6 heteroatoms. The molecule has 1 aromatic carbocycles. The lowest BCUT2D eigenvalue weighted by Crippen LogP contribution is -2.29. The zero-order valence-electron chi connectivity index (χ0n) is 14.1. The predicted molar refractivity (Wildman–Crippen MR) is 94.9 cm³/mol. The number of nitrogens with zero attached hydrogens (tertiary/aromatic N) is 1. The Hall–Kier alpha value is -3.25. The zero-order valence-corrected chi connectivity index (χ0v) is 14.1. The number of ether oxygens (including phenoxy) is 1. The topological polar surface area (TPSA) is 76.9 Å². The lowest BCUT2D eigenvalue weighted by atomic mass is 9.86. The van der Waals surface area contributed by atoms with Crippen LogP contribution in [-0.2, 0) is 4.74 Å². The van der Waals surface area contributed by atoms with Gasteiger partial charge < -0.3 is 14.5 Å². The number of nitrogens with one attached hydrogen (secondary N) is 1. The SMILES string of the molecule is COCCNC(=O)c1c2c(n3ccccc13)C(=O)c1ccccc1C2=O. The van der Waals surface area contributed by atoms with E-state index in [9.17, 15) is 14.4 Å². The molecule has 4 rings (SSSR count). The maximum Gasteiger partial charge on any atom is 0.254 e. The zero-order chi connectivity index (χ0) is 18.3. The quantitative estimate of drug-likeness (QED) is 0.573.